The highest BCUT2D eigenvalue weighted by Gasteiger charge is 2.15. The third-order valence-corrected chi connectivity index (χ3v) is 3.43. The molecule has 2 rings (SSSR count). The van der Waals surface area contributed by atoms with Gasteiger partial charge >= 0.3 is 0 Å². The Hall–Kier alpha value is -1.82. The number of nitrogens with one attached hydrogen (secondary N) is 2. The Morgan fingerprint density at radius 3 is 2.95 bits per heavy atom. The van der Waals surface area contributed by atoms with Crippen molar-refractivity contribution in [1.29, 1.82) is 0 Å². The highest BCUT2D eigenvalue weighted by atomic mass is 16.5. The van der Waals surface area contributed by atoms with Crippen molar-refractivity contribution in [2.45, 2.75) is 25.5 Å². The van der Waals surface area contributed by atoms with Gasteiger partial charge in [-0.25, -0.2) is 4.98 Å². The number of ether oxygens (including phenoxy) is 1. The molecule has 0 aliphatic carbocycles. The van der Waals surface area contributed by atoms with Crippen LogP contribution in [0.2, 0.25) is 0 Å². The molecule has 1 aromatic heterocycles. The summed E-state index contributed by atoms with van der Waals surface area (Å²) in [5, 5.41) is 6.57. The van der Waals surface area contributed by atoms with E-state index in [0.29, 0.717) is 12.6 Å². The molecular weight excluding hydrogens is 266 g/mol. The fourth-order valence-corrected chi connectivity index (χ4v) is 2.23. The number of hydrogen-bond acceptors (Lipinski definition) is 4. The molecule has 1 aliphatic rings. The highest BCUT2D eigenvalue weighted by Crippen LogP contribution is 2.10. The number of rotatable bonds is 5. The Morgan fingerprint density at radius 1 is 1.43 bits per heavy atom. The van der Waals surface area contributed by atoms with Crippen LogP contribution in [0.25, 0.3) is 0 Å². The van der Waals surface area contributed by atoms with Gasteiger partial charge in [0.1, 0.15) is 5.82 Å². The highest BCUT2D eigenvalue weighted by molar-refractivity contribution is 5.79. The second kappa shape index (κ2) is 7.83. The summed E-state index contributed by atoms with van der Waals surface area (Å²) in [7, 11) is 5.75. The van der Waals surface area contributed by atoms with Gasteiger partial charge in [0.05, 0.1) is 18.3 Å². The first-order chi connectivity index (χ1) is 10.2. The number of pyridine rings is 1. The Bertz CT molecular complexity index is 469. The summed E-state index contributed by atoms with van der Waals surface area (Å²) in [6.45, 7) is 2.32. The molecule has 1 aliphatic heterocycles. The molecule has 1 fully saturated rings. The van der Waals surface area contributed by atoms with Crippen molar-refractivity contribution in [3.63, 3.8) is 0 Å². The van der Waals surface area contributed by atoms with Gasteiger partial charge in [0.25, 0.3) is 0 Å². The van der Waals surface area contributed by atoms with Crippen molar-refractivity contribution in [3.8, 4) is 0 Å². The third kappa shape index (κ3) is 4.90. The van der Waals surface area contributed by atoms with Crippen molar-refractivity contribution < 1.29 is 4.74 Å². The summed E-state index contributed by atoms with van der Waals surface area (Å²) in [6, 6.07) is 6.02. The van der Waals surface area contributed by atoms with Crippen LogP contribution in [0.4, 0.5) is 5.82 Å². The van der Waals surface area contributed by atoms with E-state index in [-0.39, 0.29) is 0 Å². The molecule has 0 spiro atoms. The van der Waals surface area contributed by atoms with Crippen LogP contribution >= 0.6 is 0 Å². The van der Waals surface area contributed by atoms with Gasteiger partial charge < -0.3 is 20.3 Å². The molecule has 0 saturated carbocycles. The maximum Gasteiger partial charge on any atom is 0.191 e. The van der Waals surface area contributed by atoms with Crippen LogP contribution in [0, 0.1) is 0 Å². The minimum atomic E-state index is 0.304. The van der Waals surface area contributed by atoms with E-state index in [1.54, 1.807) is 7.05 Å². The van der Waals surface area contributed by atoms with Crippen LogP contribution in [0.15, 0.2) is 23.2 Å². The number of hydrogen-bond donors (Lipinski definition) is 2. The van der Waals surface area contributed by atoms with E-state index in [1.807, 2.05) is 37.2 Å². The van der Waals surface area contributed by atoms with Crippen LogP contribution in [-0.4, -0.2) is 51.3 Å². The molecule has 2 heterocycles. The SMILES string of the molecule is CN=C(NCc1cccc(N(C)C)n1)NCC1CCCO1. The zero-order valence-electron chi connectivity index (χ0n) is 13.1. The molecule has 1 unspecified atom stereocenters. The minimum Gasteiger partial charge on any atom is -0.376 e. The van der Waals surface area contributed by atoms with Crippen molar-refractivity contribution in [3.05, 3.63) is 23.9 Å². The van der Waals surface area contributed by atoms with Crippen molar-refractivity contribution >= 4 is 11.8 Å². The quantitative estimate of drug-likeness (QED) is 0.626. The lowest BCUT2D eigenvalue weighted by Crippen LogP contribution is -2.40. The van der Waals surface area contributed by atoms with Gasteiger partial charge in [0, 0.05) is 34.3 Å². The molecule has 6 heteroatoms. The fraction of sp³-hybridized carbons (Fsp3) is 0.600. The first-order valence-corrected chi connectivity index (χ1v) is 7.38. The predicted molar refractivity (Wildman–Crippen MR) is 85.7 cm³/mol. The Balaban J connectivity index is 1.80. The van der Waals surface area contributed by atoms with Gasteiger partial charge in [-0.1, -0.05) is 6.07 Å². The Labute approximate surface area is 126 Å². The summed E-state index contributed by atoms with van der Waals surface area (Å²) in [5.74, 6) is 1.74. The average Bonchev–Trinajstić information content (AvgIpc) is 3.01. The van der Waals surface area contributed by atoms with Crippen LogP contribution in [0.1, 0.15) is 18.5 Å². The minimum absolute atomic E-state index is 0.304. The standard InChI is InChI=1S/C15H25N5O/c1-16-15(18-11-13-7-5-9-21-13)17-10-12-6-4-8-14(19-12)20(2)3/h4,6,8,13H,5,7,9-11H2,1-3H3,(H2,16,17,18). The monoisotopic (exact) mass is 291 g/mol. The molecule has 1 saturated heterocycles. The lowest BCUT2D eigenvalue weighted by Gasteiger charge is -2.16. The first-order valence-electron chi connectivity index (χ1n) is 7.38. The molecule has 6 nitrogen and oxygen atoms in total. The molecule has 21 heavy (non-hydrogen) atoms. The molecule has 116 valence electrons. The van der Waals surface area contributed by atoms with Gasteiger partial charge in [-0.3, -0.25) is 4.99 Å². The van der Waals surface area contributed by atoms with Crippen LogP contribution in [0.3, 0.4) is 0 Å². The first kappa shape index (κ1) is 15.6. The number of guanidine groups is 1. The summed E-state index contributed by atoms with van der Waals surface area (Å²) in [4.78, 5) is 10.8. The largest absolute Gasteiger partial charge is 0.376 e. The van der Waals surface area contributed by atoms with Gasteiger partial charge in [-0.05, 0) is 25.0 Å². The molecular formula is C15H25N5O. The maximum atomic E-state index is 5.59. The van der Waals surface area contributed by atoms with Crippen molar-refractivity contribution in [2.75, 3.05) is 39.2 Å². The van der Waals surface area contributed by atoms with E-state index in [2.05, 4.69) is 20.6 Å². The summed E-state index contributed by atoms with van der Waals surface area (Å²) in [6.07, 6.45) is 2.58. The van der Waals surface area contributed by atoms with E-state index < -0.39 is 0 Å². The summed E-state index contributed by atoms with van der Waals surface area (Å²) < 4.78 is 5.59. The third-order valence-electron chi connectivity index (χ3n) is 3.43. The average molecular weight is 291 g/mol. The van der Waals surface area contributed by atoms with E-state index >= 15 is 0 Å². The Morgan fingerprint density at radius 2 is 2.29 bits per heavy atom. The van der Waals surface area contributed by atoms with E-state index in [4.69, 9.17) is 4.74 Å². The maximum absolute atomic E-state index is 5.59. The van der Waals surface area contributed by atoms with Gasteiger partial charge in [0.15, 0.2) is 5.96 Å². The summed E-state index contributed by atoms with van der Waals surface area (Å²) >= 11 is 0. The molecule has 0 aromatic carbocycles. The lowest BCUT2D eigenvalue weighted by molar-refractivity contribution is 0.114. The second-order valence-corrected chi connectivity index (χ2v) is 5.32. The smallest absolute Gasteiger partial charge is 0.191 e. The molecule has 0 radical (unpaired) electrons. The van der Waals surface area contributed by atoms with Crippen LogP contribution in [0.5, 0.6) is 0 Å². The molecule has 1 atom stereocenters. The van der Waals surface area contributed by atoms with Gasteiger partial charge in [-0.15, -0.1) is 0 Å². The van der Waals surface area contributed by atoms with E-state index in [9.17, 15) is 0 Å². The van der Waals surface area contributed by atoms with Crippen LogP contribution in [-0.2, 0) is 11.3 Å². The van der Waals surface area contributed by atoms with Gasteiger partial charge in [-0.2, -0.15) is 0 Å². The number of aromatic nitrogens is 1. The molecule has 2 N–H and O–H groups in total. The summed E-state index contributed by atoms with van der Waals surface area (Å²) in [5.41, 5.74) is 0.987. The Kier molecular flexibility index (Phi) is 5.80. The molecule has 0 amide bonds. The fourth-order valence-electron chi connectivity index (χ4n) is 2.23. The topological polar surface area (TPSA) is 61.8 Å². The lowest BCUT2D eigenvalue weighted by atomic mass is 10.2. The second-order valence-electron chi connectivity index (χ2n) is 5.32. The molecule has 1 aromatic rings. The van der Waals surface area contributed by atoms with Crippen LogP contribution < -0.4 is 15.5 Å². The molecule has 0 bridgehead atoms. The zero-order valence-corrected chi connectivity index (χ0v) is 13.1. The van der Waals surface area contributed by atoms with E-state index in [0.717, 1.165) is 43.5 Å². The zero-order chi connectivity index (χ0) is 15.1. The predicted octanol–water partition coefficient (Wildman–Crippen LogP) is 0.992. The number of anilines is 1. The van der Waals surface area contributed by atoms with Gasteiger partial charge in [0.2, 0.25) is 0 Å². The number of nitrogens with zero attached hydrogens (tertiary/aromatic N) is 3. The van der Waals surface area contributed by atoms with Crippen molar-refractivity contribution in [2.24, 2.45) is 4.99 Å². The van der Waals surface area contributed by atoms with E-state index in [1.165, 1.54) is 0 Å². The van der Waals surface area contributed by atoms with Crippen molar-refractivity contribution in [1.82, 2.24) is 15.6 Å². The normalized spacial score (nSPS) is 18.6. The number of aliphatic imine (C=N–C) groups is 1.